The molecular formula is C4H15NO3S. The fraction of sp³-hybridized carbons (Fsp3) is 1.00. The first-order valence-corrected chi connectivity index (χ1v) is 4.42. The van der Waals surface area contributed by atoms with Gasteiger partial charge in [-0.25, -0.2) is 0 Å². The van der Waals surface area contributed by atoms with Crippen LogP contribution in [0.15, 0.2) is 0 Å². The summed E-state index contributed by atoms with van der Waals surface area (Å²) >= 11 is 0. The van der Waals surface area contributed by atoms with E-state index >= 15 is 0 Å². The summed E-state index contributed by atoms with van der Waals surface area (Å²) in [6.07, 6.45) is 0. The summed E-state index contributed by atoms with van der Waals surface area (Å²) in [7, 11) is -3.30. The molecule has 0 saturated heterocycles. The molecule has 0 rings (SSSR count). The largest absolute Gasteiger partial charge is 0.329 e. The first-order chi connectivity index (χ1) is 4.06. The van der Waals surface area contributed by atoms with Crippen LogP contribution in [0.1, 0.15) is 13.8 Å². The molecular weight excluding hydrogens is 142 g/mol. The third-order valence-electron chi connectivity index (χ3n) is 0.392. The molecule has 0 aliphatic heterocycles. The average molecular weight is 157 g/mol. The van der Waals surface area contributed by atoms with Crippen molar-refractivity contribution < 1.29 is 13.7 Å². The molecule has 0 aromatic carbocycles. The van der Waals surface area contributed by atoms with Crippen molar-refractivity contribution in [3.8, 4) is 0 Å². The van der Waals surface area contributed by atoms with E-state index in [-0.39, 0.29) is 12.3 Å². The molecule has 0 aliphatic carbocycles. The van der Waals surface area contributed by atoms with E-state index in [1.807, 2.05) is 13.8 Å². The highest BCUT2D eigenvalue weighted by Crippen LogP contribution is 2.30. The lowest BCUT2D eigenvalue weighted by Gasteiger charge is -2.16. The van der Waals surface area contributed by atoms with Crippen LogP contribution in [0.4, 0.5) is 0 Å². The highest BCUT2D eigenvalue weighted by atomic mass is 32.3. The molecule has 0 aromatic heterocycles. The summed E-state index contributed by atoms with van der Waals surface area (Å²) in [6.45, 7) is 4.10. The van der Waals surface area contributed by atoms with Crippen LogP contribution in [0.25, 0.3) is 0 Å². The molecule has 0 heterocycles. The van der Waals surface area contributed by atoms with Crippen LogP contribution in [-0.4, -0.2) is 26.0 Å². The van der Waals surface area contributed by atoms with Gasteiger partial charge in [-0.3, -0.25) is 0 Å². The minimum Gasteiger partial charge on any atom is -0.329 e. The summed E-state index contributed by atoms with van der Waals surface area (Å²) in [4.78, 5) is 0. The van der Waals surface area contributed by atoms with Crippen LogP contribution >= 0.6 is 10.9 Å². The molecule has 0 bridgehead atoms. The van der Waals surface area contributed by atoms with Gasteiger partial charge in [0.15, 0.2) is 0 Å². The average Bonchev–Trinajstić information content (AvgIpc) is 1.69. The molecule has 4 nitrogen and oxygen atoms in total. The van der Waals surface area contributed by atoms with Gasteiger partial charge >= 0.3 is 0 Å². The van der Waals surface area contributed by atoms with Gasteiger partial charge < -0.3 is 19.4 Å². The predicted molar refractivity (Wildman–Crippen MR) is 40.7 cm³/mol. The minimum absolute atomic E-state index is 0.0961. The summed E-state index contributed by atoms with van der Waals surface area (Å²) < 4.78 is 24.4. The maximum atomic E-state index is 8.13. The minimum atomic E-state index is -3.30. The Morgan fingerprint density at radius 1 is 1.22 bits per heavy atom. The SMILES string of the molecule is CC.NCCS(O)(O)O. The second-order valence-corrected chi connectivity index (χ2v) is 2.80. The first-order valence-electron chi connectivity index (χ1n) is 2.74. The smallest absolute Gasteiger partial charge is 0.0822 e. The van der Waals surface area contributed by atoms with Crippen LogP contribution in [0.2, 0.25) is 0 Å². The fourth-order valence-electron chi connectivity index (χ4n) is 0.158. The molecule has 0 fully saturated rings. The van der Waals surface area contributed by atoms with Crippen molar-refractivity contribution in [2.24, 2.45) is 5.73 Å². The lowest BCUT2D eigenvalue weighted by molar-refractivity contribution is 0.376. The maximum Gasteiger partial charge on any atom is 0.0822 e. The standard InChI is InChI=1S/C2H9NO3S.C2H6/c3-1-2-7(4,5)6;1-2/h4-6H,1-3H2;1-2H3. The summed E-state index contributed by atoms with van der Waals surface area (Å²) in [6, 6.07) is 0. The van der Waals surface area contributed by atoms with Gasteiger partial charge in [0, 0.05) is 6.54 Å². The lowest BCUT2D eigenvalue weighted by Crippen LogP contribution is -2.11. The van der Waals surface area contributed by atoms with E-state index in [1.165, 1.54) is 0 Å². The zero-order chi connectivity index (χ0) is 7.91. The van der Waals surface area contributed by atoms with Crippen molar-refractivity contribution >= 4 is 10.9 Å². The molecule has 60 valence electrons. The van der Waals surface area contributed by atoms with Gasteiger partial charge in [-0.1, -0.05) is 13.8 Å². The van der Waals surface area contributed by atoms with E-state index in [0.29, 0.717) is 0 Å². The number of hydrogen-bond acceptors (Lipinski definition) is 4. The van der Waals surface area contributed by atoms with Crippen molar-refractivity contribution in [2.45, 2.75) is 13.8 Å². The molecule has 0 saturated carbocycles. The Labute approximate surface area is 57.2 Å². The molecule has 9 heavy (non-hydrogen) atoms. The highest BCUT2D eigenvalue weighted by molar-refractivity contribution is 8.19. The predicted octanol–water partition coefficient (Wildman–Crippen LogP) is 1.19. The maximum absolute atomic E-state index is 8.13. The van der Waals surface area contributed by atoms with Gasteiger partial charge in [-0.05, 0) is 0 Å². The Kier molecular flexibility index (Phi) is 8.36. The molecule has 0 aromatic rings. The number of nitrogens with two attached hydrogens (primary N) is 1. The van der Waals surface area contributed by atoms with Crippen LogP contribution in [0.5, 0.6) is 0 Å². The zero-order valence-corrected chi connectivity index (χ0v) is 6.56. The third kappa shape index (κ3) is 17.9. The van der Waals surface area contributed by atoms with Gasteiger partial charge in [0.05, 0.1) is 16.6 Å². The van der Waals surface area contributed by atoms with Crippen molar-refractivity contribution in [1.82, 2.24) is 0 Å². The molecule has 0 aliphatic rings. The van der Waals surface area contributed by atoms with Gasteiger partial charge in [-0.15, -0.1) is 0 Å². The monoisotopic (exact) mass is 157 g/mol. The van der Waals surface area contributed by atoms with Crippen molar-refractivity contribution in [1.29, 1.82) is 0 Å². The molecule has 0 unspecified atom stereocenters. The fourth-order valence-corrected chi connectivity index (χ4v) is 0.474. The Balaban J connectivity index is 0. The highest BCUT2D eigenvalue weighted by Gasteiger charge is 2.07. The second kappa shape index (κ2) is 6.31. The van der Waals surface area contributed by atoms with Crippen LogP contribution < -0.4 is 5.73 Å². The van der Waals surface area contributed by atoms with E-state index in [1.54, 1.807) is 0 Å². The van der Waals surface area contributed by atoms with Crippen molar-refractivity contribution in [2.75, 3.05) is 12.3 Å². The molecule has 5 N–H and O–H groups in total. The summed E-state index contributed by atoms with van der Waals surface area (Å²) in [5, 5.41) is 0. The van der Waals surface area contributed by atoms with Crippen molar-refractivity contribution in [3.05, 3.63) is 0 Å². The molecule has 0 radical (unpaired) electrons. The third-order valence-corrected chi connectivity index (χ3v) is 1.18. The molecule has 0 spiro atoms. The molecule has 0 atom stereocenters. The first kappa shape index (κ1) is 11.9. The second-order valence-electron chi connectivity index (χ2n) is 1.13. The van der Waals surface area contributed by atoms with Gasteiger partial charge in [0.2, 0.25) is 0 Å². The van der Waals surface area contributed by atoms with E-state index in [4.69, 9.17) is 19.4 Å². The van der Waals surface area contributed by atoms with Crippen molar-refractivity contribution in [3.63, 3.8) is 0 Å². The Hall–Kier alpha value is 0.190. The van der Waals surface area contributed by atoms with Gasteiger partial charge in [-0.2, -0.15) is 0 Å². The van der Waals surface area contributed by atoms with Gasteiger partial charge in [0.1, 0.15) is 0 Å². The van der Waals surface area contributed by atoms with Crippen LogP contribution in [-0.2, 0) is 0 Å². The zero-order valence-electron chi connectivity index (χ0n) is 5.74. The van der Waals surface area contributed by atoms with E-state index in [0.717, 1.165) is 0 Å². The summed E-state index contributed by atoms with van der Waals surface area (Å²) in [5.74, 6) is -0.132. The summed E-state index contributed by atoms with van der Waals surface area (Å²) in [5.41, 5.74) is 4.86. The normalized spacial score (nSPS) is 11.8. The lowest BCUT2D eigenvalue weighted by atomic mass is 10.8. The molecule has 5 heteroatoms. The Bertz CT molecular complexity index is 54.3. The van der Waals surface area contributed by atoms with E-state index < -0.39 is 10.9 Å². The van der Waals surface area contributed by atoms with Crippen LogP contribution in [0.3, 0.4) is 0 Å². The van der Waals surface area contributed by atoms with Crippen LogP contribution in [0, 0.1) is 0 Å². The van der Waals surface area contributed by atoms with E-state index in [2.05, 4.69) is 0 Å². The Morgan fingerprint density at radius 2 is 1.56 bits per heavy atom. The quantitative estimate of drug-likeness (QED) is 0.485. The topological polar surface area (TPSA) is 86.7 Å². The number of rotatable bonds is 2. The Morgan fingerprint density at radius 3 is 1.56 bits per heavy atom. The van der Waals surface area contributed by atoms with Gasteiger partial charge in [0.25, 0.3) is 0 Å². The number of hydrogen-bond donors (Lipinski definition) is 4. The van der Waals surface area contributed by atoms with E-state index in [9.17, 15) is 0 Å². The molecule has 0 amide bonds.